The maximum atomic E-state index is 13.7. The van der Waals surface area contributed by atoms with Crippen LogP contribution in [0.25, 0.3) is 0 Å². The number of rotatable bonds is 8. The fourth-order valence-corrected chi connectivity index (χ4v) is 8.33. The molecule has 1 aromatic rings. The molecular formula is C32H49O6P. The van der Waals surface area contributed by atoms with E-state index in [1.165, 1.54) is 0 Å². The van der Waals surface area contributed by atoms with Crippen LogP contribution in [0.3, 0.4) is 0 Å². The van der Waals surface area contributed by atoms with Crippen LogP contribution < -0.4 is 0 Å². The summed E-state index contributed by atoms with van der Waals surface area (Å²) in [6.45, 7) is 15.2. The lowest BCUT2D eigenvalue weighted by Crippen LogP contribution is -2.45. The summed E-state index contributed by atoms with van der Waals surface area (Å²) in [5, 5.41) is 0. The molecule has 9 atom stereocenters. The Balaban J connectivity index is 1.53. The van der Waals surface area contributed by atoms with Crippen LogP contribution in [0.1, 0.15) is 98.2 Å². The first kappa shape index (κ1) is 30.5. The molecule has 1 aliphatic heterocycles. The van der Waals surface area contributed by atoms with Crippen LogP contribution in [0, 0.1) is 35.5 Å². The van der Waals surface area contributed by atoms with E-state index >= 15 is 0 Å². The molecule has 0 bridgehead atoms. The van der Waals surface area contributed by atoms with Gasteiger partial charge in [-0.05, 0) is 73.7 Å². The second-order valence-electron chi connectivity index (χ2n) is 13.0. The van der Waals surface area contributed by atoms with E-state index in [1.54, 1.807) is 0 Å². The van der Waals surface area contributed by atoms with Crippen LogP contribution in [0.2, 0.25) is 0 Å². The van der Waals surface area contributed by atoms with Crippen LogP contribution in [0.15, 0.2) is 30.3 Å². The third-order valence-electron chi connectivity index (χ3n) is 9.23. The lowest BCUT2D eigenvalue weighted by Gasteiger charge is -2.37. The highest BCUT2D eigenvalue weighted by Gasteiger charge is 2.51. The second-order valence-corrected chi connectivity index (χ2v) is 14.8. The van der Waals surface area contributed by atoms with Crippen molar-refractivity contribution in [3.8, 4) is 0 Å². The fraction of sp³-hybridized carbons (Fsp3) is 0.750. The van der Waals surface area contributed by atoms with Gasteiger partial charge in [0.1, 0.15) is 12.2 Å². The van der Waals surface area contributed by atoms with Gasteiger partial charge in [0, 0.05) is 0 Å². The molecule has 1 saturated heterocycles. The van der Waals surface area contributed by atoms with Gasteiger partial charge in [-0.1, -0.05) is 84.7 Å². The summed E-state index contributed by atoms with van der Waals surface area (Å²) in [5.41, 5.74) is 0.942. The van der Waals surface area contributed by atoms with Gasteiger partial charge in [0.25, 0.3) is 0 Å². The number of esters is 2. The van der Waals surface area contributed by atoms with Crippen molar-refractivity contribution in [2.45, 2.75) is 117 Å². The molecular weight excluding hydrogens is 511 g/mol. The first-order chi connectivity index (χ1) is 18.5. The van der Waals surface area contributed by atoms with Crippen molar-refractivity contribution in [2.24, 2.45) is 35.5 Å². The minimum atomic E-state index is -1.54. The van der Waals surface area contributed by atoms with Gasteiger partial charge in [0.2, 0.25) is 0 Å². The molecule has 2 aliphatic carbocycles. The normalized spacial score (nSPS) is 34.7. The lowest BCUT2D eigenvalue weighted by atomic mass is 9.75. The van der Waals surface area contributed by atoms with E-state index in [9.17, 15) is 9.59 Å². The molecule has 3 aliphatic rings. The average molecular weight is 561 g/mol. The highest BCUT2D eigenvalue weighted by atomic mass is 31.2. The zero-order valence-electron chi connectivity index (χ0n) is 24.9. The molecule has 1 heterocycles. The van der Waals surface area contributed by atoms with E-state index in [2.05, 4.69) is 41.5 Å². The van der Waals surface area contributed by atoms with Gasteiger partial charge in [-0.3, -0.25) is 0 Å². The van der Waals surface area contributed by atoms with E-state index in [0.29, 0.717) is 35.5 Å². The Morgan fingerprint density at radius 2 is 1.18 bits per heavy atom. The Morgan fingerprint density at radius 1 is 0.744 bits per heavy atom. The minimum Gasteiger partial charge on any atom is -0.460 e. The zero-order valence-corrected chi connectivity index (χ0v) is 25.8. The third-order valence-corrected chi connectivity index (χ3v) is 11.0. The van der Waals surface area contributed by atoms with Crippen molar-refractivity contribution in [1.29, 1.82) is 0 Å². The number of carbonyl (C=O) groups is 2. The quantitative estimate of drug-likeness (QED) is 0.238. The van der Waals surface area contributed by atoms with E-state index in [4.69, 9.17) is 18.5 Å². The molecule has 3 fully saturated rings. The lowest BCUT2D eigenvalue weighted by molar-refractivity contribution is -0.176. The smallest absolute Gasteiger partial charge is 0.339 e. The molecule has 0 unspecified atom stereocenters. The standard InChI is InChI=1S/C32H49O6P/c1-19(2)25-15-13-21(5)17-27(25)35-31(33)29-30(38-39(37-29)23(7)24-11-9-8-10-12-24)32(34)36-28-18-22(6)14-16-26(28)20(3)4/h8-12,19-23,25-30H,13-18H2,1-7H3/t21-,22-,23-,25+,26+,27-,28-,29-,30-/m1/s1. The first-order valence-corrected chi connectivity index (χ1v) is 16.4. The Labute approximate surface area is 236 Å². The van der Waals surface area contributed by atoms with Crippen molar-refractivity contribution in [2.75, 3.05) is 0 Å². The predicted molar refractivity (Wildman–Crippen MR) is 154 cm³/mol. The van der Waals surface area contributed by atoms with Crippen LogP contribution >= 0.6 is 8.38 Å². The summed E-state index contributed by atoms with van der Waals surface area (Å²) >= 11 is 0. The van der Waals surface area contributed by atoms with Crippen molar-refractivity contribution in [3.63, 3.8) is 0 Å². The molecule has 0 aromatic heterocycles. The largest absolute Gasteiger partial charge is 0.460 e. The molecule has 39 heavy (non-hydrogen) atoms. The van der Waals surface area contributed by atoms with Gasteiger partial charge < -0.3 is 18.5 Å². The van der Waals surface area contributed by atoms with Gasteiger partial charge in [-0.25, -0.2) is 9.59 Å². The third kappa shape index (κ3) is 7.43. The van der Waals surface area contributed by atoms with E-state index < -0.39 is 32.5 Å². The number of ether oxygens (including phenoxy) is 2. The molecule has 218 valence electrons. The van der Waals surface area contributed by atoms with Crippen LogP contribution in [-0.4, -0.2) is 36.4 Å². The van der Waals surface area contributed by atoms with Gasteiger partial charge >= 0.3 is 11.9 Å². The molecule has 2 saturated carbocycles. The summed E-state index contributed by atoms with van der Waals surface area (Å²) in [6.07, 6.45) is 3.46. The van der Waals surface area contributed by atoms with Gasteiger partial charge in [0.05, 0.1) is 5.66 Å². The van der Waals surface area contributed by atoms with E-state index in [1.807, 2.05) is 37.3 Å². The molecule has 0 N–H and O–H groups in total. The monoisotopic (exact) mass is 560 g/mol. The number of hydrogen-bond donors (Lipinski definition) is 0. The van der Waals surface area contributed by atoms with Crippen molar-refractivity contribution >= 4 is 20.3 Å². The predicted octanol–water partition coefficient (Wildman–Crippen LogP) is 7.85. The van der Waals surface area contributed by atoms with Crippen molar-refractivity contribution in [1.82, 2.24) is 0 Å². The van der Waals surface area contributed by atoms with Crippen LogP contribution in [-0.2, 0) is 28.1 Å². The summed E-state index contributed by atoms with van der Waals surface area (Å²) in [5.74, 6) is 1.43. The van der Waals surface area contributed by atoms with Crippen molar-refractivity contribution in [3.05, 3.63) is 35.9 Å². The topological polar surface area (TPSA) is 71.1 Å². The number of hydrogen-bond acceptors (Lipinski definition) is 6. The molecule has 0 spiro atoms. The molecule has 4 rings (SSSR count). The average Bonchev–Trinajstić information content (AvgIpc) is 3.34. The summed E-state index contributed by atoms with van der Waals surface area (Å²) < 4.78 is 24.9. The van der Waals surface area contributed by atoms with Gasteiger partial charge in [0.15, 0.2) is 20.6 Å². The Hall–Kier alpha value is -1.49. The number of benzene rings is 1. The Bertz CT molecular complexity index is 897. The fourth-order valence-electron chi connectivity index (χ4n) is 6.66. The molecule has 6 nitrogen and oxygen atoms in total. The van der Waals surface area contributed by atoms with E-state index in [0.717, 1.165) is 44.1 Å². The minimum absolute atomic E-state index is 0.106. The number of carbonyl (C=O) groups excluding carboxylic acids is 2. The summed E-state index contributed by atoms with van der Waals surface area (Å²) in [6, 6.07) is 9.95. The molecule has 7 heteroatoms. The van der Waals surface area contributed by atoms with E-state index in [-0.39, 0.29) is 17.9 Å². The first-order valence-electron chi connectivity index (χ1n) is 15.1. The maximum Gasteiger partial charge on any atom is 0.339 e. The summed E-state index contributed by atoms with van der Waals surface area (Å²) in [7, 11) is -1.54. The molecule has 0 amide bonds. The highest BCUT2D eigenvalue weighted by molar-refractivity contribution is 7.48. The second kappa shape index (κ2) is 13.4. The van der Waals surface area contributed by atoms with Crippen LogP contribution in [0.5, 0.6) is 0 Å². The maximum absolute atomic E-state index is 13.7. The molecule has 0 radical (unpaired) electrons. The SMILES string of the molecule is CC(C)[C@@H]1CC[C@@H](C)C[C@H]1OC(=O)[C@@H]1OP([C@H](C)c2ccccc2)O[C@H]1C(=O)O[C@@H]1C[C@H](C)CC[C@H]1C(C)C. The van der Waals surface area contributed by atoms with Crippen molar-refractivity contribution < 1.29 is 28.1 Å². The zero-order chi connectivity index (χ0) is 28.3. The molecule has 1 aromatic carbocycles. The Kier molecular flexibility index (Phi) is 10.5. The van der Waals surface area contributed by atoms with Gasteiger partial charge in [-0.2, -0.15) is 0 Å². The van der Waals surface area contributed by atoms with Gasteiger partial charge in [-0.15, -0.1) is 0 Å². The Morgan fingerprint density at radius 3 is 1.59 bits per heavy atom. The highest BCUT2D eigenvalue weighted by Crippen LogP contribution is 2.59. The van der Waals surface area contributed by atoms with Crippen LogP contribution in [0.4, 0.5) is 0 Å². The summed E-state index contributed by atoms with van der Waals surface area (Å²) in [4.78, 5) is 27.4.